The maximum atomic E-state index is 11.7. The Balaban J connectivity index is 2.32. The molecule has 1 N–H and O–H groups in total. The largest absolute Gasteiger partial charge is 0.444 e. The smallest absolute Gasteiger partial charge is 0.410 e. The highest BCUT2D eigenvalue weighted by Crippen LogP contribution is 2.23. The van der Waals surface area contributed by atoms with Crippen LogP contribution in [-0.4, -0.2) is 52.4 Å². The summed E-state index contributed by atoms with van der Waals surface area (Å²) in [6.07, 6.45) is 0.767. The number of aliphatic hydroxyl groups excluding tert-OH is 1. The van der Waals surface area contributed by atoms with Crippen LogP contribution >= 0.6 is 11.8 Å². The number of nitrogens with zero attached hydrogens (tertiary/aromatic N) is 1. The summed E-state index contributed by atoms with van der Waals surface area (Å²) in [6.45, 7) is 7.32. The van der Waals surface area contributed by atoms with E-state index in [1.807, 2.05) is 20.8 Å². The molecule has 0 spiro atoms. The summed E-state index contributed by atoms with van der Waals surface area (Å²) in [5.41, 5.74) is -0.423. The Hall–Kier alpha value is -0.420. The third kappa shape index (κ3) is 4.61. The summed E-state index contributed by atoms with van der Waals surface area (Å²) in [4.78, 5) is 13.5. The molecule has 5 heteroatoms. The zero-order valence-electron chi connectivity index (χ0n) is 10.2. The van der Waals surface area contributed by atoms with Crippen molar-refractivity contribution in [2.24, 2.45) is 0 Å². The minimum Gasteiger partial charge on any atom is -0.444 e. The number of hydrogen-bond donors (Lipinski definition) is 1. The molecule has 1 atom stereocenters. The Morgan fingerprint density at radius 3 is 2.81 bits per heavy atom. The molecule has 4 nitrogen and oxygen atoms in total. The summed E-state index contributed by atoms with van der Waals surface area (Å²) in [6, 6.07) is 0. The van der Waals surface area contributed by atoms with E-state index in [0.717, 1.165) is 25.3 Å². The van der Waals surface area contributed by atoms with Crippen LogP contribution in [0.4, 0.5) is 4.79 Å². The summed E-state index contributed by atoms with van der Waals surface area (Å²) in [5.74, 6) is 0.743. The van der Waals surface area contributed by atoms with Gasteiger partial charge in [-0.15, -0.1) is 0 Å². The number of carbonyl (C=O) groups is 1. The van der Waals surface area contributed by atoms with Crippen LogP contribution in [0.3, 0.4) is 0 Å². The molecule has 1 aliphatic rings. The van der Waals surface area contributed by atoms with Crippen LogP contribution in [-0.2, 0) is 4.74 Å². The van der Waals surface area contributed by atoms with E-state index in [1.165, 1.54) is 0 Å². The van der Waals surface area contributed by atoms with E-state index in [4.69, 9.17) is 9.84 Å². The van der Waals surface area contributed by atoms with E-state index in [0.29, 0.717) is 5.25 Å². The molecule has 0 aromatic heterocycles. The van der Waals surface area contributed by atoms with E-state index in [-0.39, 0.29) is 12.7 Å². The standard InChI is InChI=1S/C11H21NO3S/c1-11(2,3)15-10(14)12-5-4-9(8-12)16-7-6-13/h9,13H,4-8H2,1-3H3. The van der Waals surface area contributed by atoms with Crippen molar-refractivity contribution >= 4 is 17.9 Å². The molecule has 1 fully saturated rings. The van der Waals surface area contributed by atoms with Crippen LogP contribution in [0.15, 0.2) is 0 Å². The number of likely N-dealkylation sites (tertiary alicyclic amines) is 1. The molecule has 16 heavy (non-hydrogen) atoms. The lowest BCUT2D eigenvalue weighted by Crippen LogP contribution is -2.35. The molecule has 0 aliphatic carbocycles. The van der Waals surface area contributed by atoms with Gasteiger partial charge in [0.15, 0.2) is 0 Å². The molecule has 94 valence electrons. The maximum absolute atomic E-state index is 11.7. The molecular weight excluding hydrogens is 226 g/mol. The Bertz CT molecular complexity index is 240. The number of thioether (sulfide) groups is 1. The van der Waals surface area contributed by atoms with E-state index in [9.17, 15) is 4.79 Å². The lowest BCUT2D eigenvalue weighted by molar-refractivity contribution is 0.0295. The van der Waals surface area contributed by atoms with Crippen molar-refractivity contribution in [3.8, 4) is 0 Å². The van der Waals surface area contributed by atoms with Crippen LogP contribution in [0, 0.1) is 0 Å². The van der Waals surface area contributed by atoms with Gasteiger partial charge in [-0.2, -0.15) is 11.8 Å². The Labute approximate surface area is 101 Å². The summed E-state index contributed by atoms with van der Waals surface area (Å²) in [7, 11) is 0. The van der Waals surface area contributed by atoms with Crippen LogP contribution < -0.4 is 0 Å². The third-order valence-electron chi connectivity index (χ3n) is 2.24. The van der Waals surface area contributed by atoms with Crippen molar-refractivity contribution in [2.45, 2.75) is 38.0 Å². The van der Waals surface area contributed by atoms with Crippen molar-refractivity contribution in [1.29, 1.82) is 0 Å². The lowest BCUT2D eigenvalue weighted by Gasteiger charge is -2.24. The quantitative estimate of drug-likeness (QED) is 0.825. The average molecular weight is 247 g/mol. The average Bonchev–Trinajstić information content (AvgIpc) is 2.60. The molecule has 1 aliphatic heterocycles. The monoisotopic (exact) mass is 247 g/mol. The zero-order chi connectivity index (χ0) is 12.2. The lowest BCUT2D eigenvalue weighted by atomic mass is 10.2. The van der Waals surface area contributed by atoms with Gasteiger partial charge < -0.3 is 14.7 Å². The molecule has 1 unspecified atom stereocenters. The maximum Gasteiger partial charge on any atom is 0.410 e. The fourth-order valence-electron chi connectivity index (χ4n) is 1.58. The first-order chi connectivity index (χ1) is 7.42. The number of carbonyl (C=O) groups excluding carboxylic acids is 1. The van der Waals surface area contributed by atoms with Gasteiger partial charge in [-0.05, 0) is 27.2 Å². The van der Waals surface area contributed by atoms with E-state index in [2.05, 4.69) is 0 Å². The highest BCUT2D eigenvalue weighted by atomic mass is 32.2. The number of amides is 1. The SMILES string of the molecule is CC(C)(C)OC(=O)N1CCC(SCCO)C1. The number of aliphatic hydroxyl groups is 1. The van der Waals surface area contributed by atoms with Gasteiger partial charge in [-0.25, -0.2) is 4.79 Å². The van der Waals surface area contributed by atoms with Crippen LogP contribution in [0.1, 0.15) is 27.2 Å². The molecule has 0 aromatic rings. The fourth-order valence-corrected chi connectivity index (χ4v) is 2.57. The van der Waals surface area contributed by atoms with Gasteiger partial charge in [-0.3, -0.25) is 0 Å². The second-order valence-corrected chi connectivity index (χ2v) is 6.34. The first-order valence-corrected chi connectivity index (χ1v) is 6.67. The highest BCUT2D eigenvalue weighted by molar-refractivity contribution is 7.99. The normalized spacial score (nSPS) is 21.2. The molecule has 1 heterocycles. The molecule has 0 aromatic carbocycles. The molecule has 1 saturated heterocycles. The molecular formula is C11H21NO3S. The fraction of sp³-hybridized carbons (Fsp3) is 0.909. The van der Waals surface area contributed by atoms with E-state index in [1.54, 1.807) is 16.7 Å². The van der Waals surface area contributed by atoms with Gasteiger partial charge in [0.05, 0.1) is 6.61 Å². The minimum absolute atomic E-state index is 0.202. The van der Waals surface area contributed by atoms with Crippen molar-refractivity contribution in [3.63, 3.8) is 0 Å². The molecule has 0 bridgehead atoms. The predicted octanol–water partition coefficient (Wildman–Crippen LogP) is 1.72. The van der Waals surface area contributed by atoms with Gasteiger partial charge in [0.1, 0.15) is 5.60 Å². The summed E-state index contributed by atoms with van der Waals surface area (Å²) >= 11 is 1.72. The van der Waals surface area contributed by atoms with Crippen molar-refractivity contribution in [3.05, 3.63) is 0 Å². The van der Waals surface area contributed by atoms with Gasteiger partial charge in [0.2, 0.25) is 0 Å². The van der Waals surface area contributed by atoms with Gasteiger partial charge in [-0.1, -0.05) is 0 Å². The number of ether oxygens (including phenoxy) is 1. The summed E-state index contributed by atoms with van der Waals surface area (Å²) < 4.78 is 5.30. The topological polar surface area (TPSA) is 49.8 Å². The van der Waals surface area contributed by atoms with E-state index >= 15 is 0 Å². The Morgan fingerprint density at radius 2 is 2.25 bits per heavy atom. The van der Waals surface area contributed by atoms with Crippen LogP contribution in [0.2, 0.25) is 0 Å². The highest BCUT2D eigenvalue weighted by Gasteiger charge is 2.29. The zero-order valence-corrected chi connectivity index (χ0v) is 11.0. The first kappa shape index (κ1) is 13.6. The second kappa shape index (κ2) is 5.77. The van der Waals surface area contributed by atoms with Crippen molar-refractivity contribution < 1.29 is 14.6 Å². The molecule has 0 saturated carbocycles. The first-order valence-electron chi connectivity index (χ1n) is 5.63. The van der Waals surface area contributed by atoms with E-state index < -0.39 is 5.60 Å². The van der Waals surface area contributed by atoms with Crippen LogP contribution in [0.25, 0.3) is 0 Å². The minimum atomic E-state index is -0.423. The molecule has 1 rings (SSSR count). The van der Waals surface area contributed by atoms with Gasteiger partial charge in [0.25, 0.3) is 0 Å². The van der Waals surface area contributed by atoms with Crippen molar-refractivity contribution in [2.75, 3.05) is 25.4 Å². The van der Waals surface area contributed by atoms with Gasteiger partial charge in [0, 0.05) is 24.1 Å². The van der Waals surface area contributed by atoms with Crippen molar-refractivity contribution in [1.82, 2.24) is 4.90 Å². The number of rotatable bonds is 3. The Kier molecular flexibility index (Phi) is 4.92. The molecule has 0 radical (unpaired) electrons. The van der Waals surface area contributed by atoms with Gasteiger partial charge >= 0.3 is 6.09 Å². The summed E-state index contributed by atoms with van der Waals surface area (Å²) in [5, 5.41) is 9.17. The number of hydrogen-bond acceptors (Lipinski definition) is 4. The predicted molar refractivity (Wildman–Crippen MR) is 65.8 cm³/mol. The second-order valence-electron chi connectivity index (χ2n) is 4.93. The third-order valence-corrected chi connectivity index (χ3v) is 3.52. The van der Waals surface area contributed by atoms with Crippen LogP contribution in [0.5, 0.6) is 0 Å². The molecule has 1 amide bonds. The Morgan fingerprint density at radius 1 is 1.56 bits per heavy atom.